The van der Waals surface area contributed by atoms with Gasteiger partial charge >= 0.3 is 0 Å². The van der Waals surface area contributed by atoms with Gasteiger partial charge in [0, 0.05) is 31.2 Å². The molecule has 3 heteroatoms. The van der Waals surface area contributed by atoms with Gasteiger partial charge in [-0.25, -0.2) is 0 Å². The third kappa shape index (κ3) is 1.20. The van der Waals surface area contributed by atoms with E-state index in [2.05, 4.69) is 21.3 Å². The van der Waals surface area contributed by atoms with Crippen molar-refractivity contribution in [2.24, 2.45) is 5.92 Å². The van der Waals surface area contributed by atoms with Gasteiger partial charge in [-0.05, 0) is 25.1 Å². The molecule has 0 aliphatic carbocycles. The molecule has 0 radical (unpaired) electrons. The lowest BCUT2D eigenvalue weighted by Gasteiger charge is -2.52. The molecule has 2 saturated heterocycles. The molecule has 14 heavy (non-hydrogen) atoms. The van der Waals surface area contributed by atoms with Crippen molar-refractivity contribution < 1.29 is 0 Å². The molecule has 1 aromatic heterocycles. The molecule has 2 atom stereocenters. The standard InChI is InChI=1S/C11H15N3/c1-2-10(7-12-4-1)14-8-9-6-13-5-3-11(9)14/h1-2,4,7,9,11,13H,3,5-6,8H2/t9-,11-/m1/s1. The maximum absolute atomic E-state index is 4.17. The second kappa shape index (κ2) is 3.24. The molecule has 3 nitrogen and oxygen atoms in total. The molecule has 2 fully saturated rings. The van der Waals surface area contributed by atoms with Gasteiger partial charge in [-0.2, -0.15) is 0 Å². The van der Waals surface area contributed by atoms with Crippen molar-refractivity contribution in [3.05, 3.63) is 24.5 Å². The number of fused-ring (bicyclic) bond motifs is 1. The first-order valence-corrected chi connectivity index (χ1v) is 5.32. The molecule has 0 unspecified atom stereocenters. The summed E-state index contributed by atoms with van der Waals surface area (Å²) in [6.07, 6.45) is 5.08. The van der Waals surface area contributed by atoms with Crippen LogP contribution in [0.4, 0.5) is 5.69 Å². The number of aromatic nitrogens is 1. The molecule has 0 aromatic carbocycles. The summed E-state index contributed by atoms with van der Waals surface area (Å²) in [4.78, 5) is 6.65. The molecule has 1 aromatic rings. The molecule has 74 valence electrons. The summed E-state index contributed by atoms with van der Waals surface area (Å²) in [5, 5.41) is 3.45. The van der Waals surface area contributed by atoms with Gasteiger partial charge in [0.1, 0.15) is 0 Å². The van der Waals surface area contributed by atoms with E-state index in [9.17, 15) is 0 Å². The van der Waals surface area contributed by atoms with Crippen molar-refractivity contribution in [2.75, 3.05) is 24.5 Å². The molecule has 0 amide bonds. The van der Waals surface area contributed by atoms with E-state index in [0.29, 0.717) is 0 Å². The maximum Gasteiger partial charge on any atom is 0.0555 e. The van der Waals surface area contributed by atoms with E-state index in [1.165, 1.54) is 25.2 Å². The normalized spacial score (nSPS) is 30.7. The van der Waals surface area contributed by atoms with Crippen molar-refractivity contribution in [3.63, 3.8) is 0 Å². The highest BCUT2D eigenvalue weighted by Gasteiger charge is 2.40. The van der Waals surface area contributed by atoms with Crippen LogP contribution in [-0.4, -0.2) is 30.7 Å². The first-order chi connectivity index (χ1) is 6.95. The second-order valence-corrected chi connectivity index (χ2v) is 4.18. The van der Waals surface area contributed by atoms with Gasteiger partial charge in [-0.3, -0.25) is 4.98 Å². The monoisotopic (exact) mass is 189 g/mol. The number of hydrogen-bond donors (Lipinski definition) is 1. The van der Waals surface area contributed by atoms with Gasteiger partial charge in [0.05, 0.1) is 11.9 Å². The average Bonchev–Trinajstić information content (AvgIpc) is 2.22. The molecular weight excluding hydrogens is 174 g/mol. The minimum absolute atomic E-state index is 0.764. The van der Waals surface area contributed by atoms with Gasteiger partial charge in [0.25, 0.3) is 0 Å². The number of piperidine rings is 1. The van der Waals surface area contributed by atoms with Gasteiger partial charge in [-0.1, -0.05) is 0 Å². The molecule has 2 aliphatic heterocycles. The fourth-order valence-electron chi connectivity index (χ4n) is 2.58. The molecule has 0 spiro atoms. The number of anilines is 1. The third-order valence-corrected chi connectivity index (χ3v) is 3.38. The molecular formula is C11H15N3. The number of rotatable bonds is 1. The lowest BCUT2D eigenvalue weighted by atomic mass is 9.83. The van der Waals surface area contributed by atoms with E-state index in [1.54, 1.807) is 0 Å². The molecule has 3 heterocycles. The Morgan fingerprint density at radius 3 is 3.29 bits per heavy atom. The zero-order valence-corrected chi connectivity index (χ0v) is 8.19. The predicted molar refractivity (Wildman–Crippen MR) is 56.3 cm³/mol. The number of nitrogens with one attached hydrogen (secondary N) is 1. The van der Waals surface area contributed by atoms with Gasteiger partial charge < -0.3 is 10.2 Å². The van der Waals surface area contributed by atoms with Crippen LogP contribution < -0.4 is 10.2 Å². The van der Waals surface area contributed by atoms with E-state index in [1.807, 2.05) is 18.5 Å². The molecule has 0 saturated carbocycles. The quantitative estimate of drug-likeness (QED) is 0.711. The lowest BCUT2D eigenvalue weighted by Crippen LogP contribution is -2.63. The van der Waals surface area contributed by atoms with Crippen molar-refractivity contribution in [1.82, 2.24) is 10.3 Å². The van der Waals surface area contributed by atoms with Crippen LogP contribution in [0.15, 0.2) is 24.5 Å². The highest BCUT2D eigenvalue weighted by Crippen LogP contribution is 2.33. The molecule has 2 aliphatic rings. The Bertz CT molecular complexity index is 312. The maximum atomic E-state index is 4.17. The highest BCUT2D eigenvalue weighted by molar-refractivity contribution is 5.48. The molecule has 1 N–H and O–H groups in total. The topological polar surface area (TPSA) is 28.2 Å². The Morgan fingerprint density at radius 2 is 2.50 bits per heavy atom. The molecule has 0 bridgehead atoms. The van der Waals surface area contributed by atoms with Crippen LogP contribution >= 0.6 is 0 Å². The molecule has 3 rings (SSSR count). The van der Waals surface area contributed by atoms with Crippen LogP contribution in [0.1, 0.15) is 6.42 Å². The van der Waals surface area contributed by atoms with Crippen molar-refractivity contribution in [2.45, 2.75) is 12.5 Å². The summed E-state index contributed by atoms with van der Waals surface area (Å²) in [7, 11) is 0. The minimum Gasteiger partial charge on any atom is -0.366 e. The van der Waals surface area contributed by atoms with E-state index in [0.717, 1.165) is 18.5 Å². The summed E-state index contributed by atoms with van der Waals surface area (Å²) in [5.74, 6) is 0.865. The van der Waals surface area contributed by atoms with Gasteiger partial charge in [0.15, 0.2) is 0 Å². The number of pyridine rings is 1. The Hall–Kier alpha value is -1.09. The van der Waals surface area contributed by atoms with Crippen LogP contribution in [0.3, 0.4) is 0 Å². The SMILES string of the molecule is c1cncc(N2C[C@H]3CNCC[C@H]32)c1. The third-order valence-electron chi connectivity index (χ3n) is 3.38. The van der Waals surface area contributed by atoms with Crippen molar-refractivity contribution in [3.8, 4) is 0 Å². The van der Waals surface area contributed by atoms with E-state index in [4.69, 9.17) is 0 Å². The number of nitrogens with zero attached hydrogens (tertiary/aromatic N) is 2. The van der Waals surface area contributed by atoms with Crippen molar-refractivity contribution in [1.29, 1.82) is 0 Å². The minimum atomic E-state index is 0.764. The van der Waals surface area contributed by atoms with Crippen LogP contribution in [0.2, 0.25) is 0 Å². The second-order valence-electron chi connectivity index (χ2n) is 4.18. The van der Waals surface area contributed by atoms with E-state index < -0.39 is 0 Å². The predicted octanol–water partition coefficient (Wildman–Crippen LogP) is 0.880. The van der Waals surface area contributed by atoms with Gasteiger partial charge in [-0.15, -0.1) is 0 Å². The largest absolute Gasteiger partial charge is 0.366 e. The van der Waals surface area contributed by atoms with Crippen molar-refractivity contribution >= 4 is 5.69 Å². The van der Waals surface area contributed by atoms with Crippen LogP contribution in [0.5, 0.6) is 0 Å². The zero-order chi connectivity index (χ0) is 9.38. The first-order valence-electron chi connectivity index (χ1n) is 5.32. The lowest BCUT2D eigenvalue weighted by molar-refractivity contribution is 0.230. The summed E-state index contributed by atoms with van der Waals surface area (Å²) >= 11 is 0. The average molecular weight is 189 g/mol. The summed E-state index contributed by atoms with van der Waals surface area (Å²) < 4.78 is 0. The summed E-state index contributed by atoms with van der Waals surface area (Å²) in [6.45, 7) is 3.56. The Labute approximate surface area is 84.1 Å². The Balaban J connectivity index is 1.76. The van der Waals surface area contributed by atoms with Crippen LogP contribution in [0.25, 0.3) is 0 Å². The summed E-state index contributed by atoms with van der Waals surface area (Å²) in [6, 6.07) is 4.94. The highest BCUT2D eigenvalue weighted by atomic mass is 15.3. The summed E-state index contributed by atoms with van der Waals surface area (Å²) in [5.41, 5.74) is 1.29. The van der Waals surface area contributed by atoms with E-state index >= 15 is 0 Å². The zero-order valence-electron chi connectivity index (χ0n) is 8.19. The van der Waals surface area contributed by atoms with Crippen LogP contribution in [0, 0.1) is 5.92 Å². The Kier molecular flexibility index (Phi) is 1.91. The fourth-order valence-corrected chi connectivity index (χ4v) is 2.58. The fraction of sp³-hybridized carbons (Fsp3) is 0.545. The number of hydrogen-bond acceptors (Lipinski definition) is 3. The van der Waals surface area contributed by atoms with E-state index in [-0.39, 0.29) is 0 Å². The van der Waals surface area contributed by atoms with Crippen LogP contribution in [-0.2, 0) is 0 Å². The Morgan fingerprint density at radius 1 is 1.50 bits per heavy atom. The smallest absolute Gasteiger partial charge is 0.0555 e. The van der Waals surface area contributed by atoms with Gasteiger partial charge in [0.2, 0.25) is 0 Å². The first kappa shape index (κ1) is 8.24.